The number of halogens is 2. The van der Waals surface area contributed by atoms with Crippen molar-refractivity contribution in [2.75, 3.05) is 23.5 Å². The lowest BCUT2D eigenvalue weighted by molar-refractivity contribution is 0.579. The average Bonchev–Trinajstić information content (AvgIpc) is 3.57. The van der Waals surface area contributed by atoms with Crippen molar-refractivity contribution in [3.05, 3.63) is 69.9 Å². The lowest BCUT2D eigenvalue weighted by atomic mass is 9.89. The van der Waals surface area contributed by atoms with Crippen LogP contribution in [0.5, 0.6) is 0 Å². The monoisotopic (exact) mass is 564 g/mol. The second-order valence-electron chi connectivity index (χ2n) is 9.94. The summed E-state index contributed by atoms with van der Waals surface area (Å²) in [7, 11) is 3.38. The van der Waals surface area contributed by atoms with E-state index in [0.29, 0.717) is 28.1 Å². The third-order valence-corrected chi connectivity index (χ3v) is 7.65. The van der Waals surface area contributed by atoms with E-state index in [1.165, 1.54) is 28.8 Å². The smallest absolute Gasteiger partial charge is 0.170 e. The Hall–Kier alpha value is -3.91. The first-order valence-corrected chi connectivity index (χ1v) is 14.3. The fourth-order valence-corrected chi connectivity index (χ4v) is 5.00. The highest BCUT2D eigenvalue weighted by molar-refractivity contribution is 7.98. The van der Waals surface area contributed by atoms with Gasteiger partial charge >= 0.3 is 0 Å². The average molecular weight is 565 g/mol. The number of allylic oxidation sites excluding steroid dienone is 3. The summed E-state index contributed by atoms with van der Waals surface area (Å²) in [6.45, 7) is 7.72. The summed E-state index contributed by atoms with van der Waals surface area (Å²) in [6, 6.07) is 6.73. The van der Waals surface area contributed by atoms with Crippen LogP contribution in [-0.2, 0) is 7.05 Å². The van der Waals surface area contributed by atoms with Gasteiger partial charge in [0, 0.05) is 48.1 Å². The second kappa shape index (κ2) is 12.1. The summed E-state index contributed by atoms with van der Waals surface area (Å²) in [5.74, 6) is 0.301. The molecule has 0 unspecified atom stereocenters. The van der Waals surface area contributed by atoms with Gasteiger partial charge in [-0.3, -0.25) is 9.78 Å². The van der Waals surface area contributed by atoms with Gasteiger partial charge in [-0.05, 0) is 69.9 Å². The molecular weight excluding hydrogens is 530 g/mol. The van der Waals surface area contributed by atoms with Gasteiger partial charge in [0.05, 0.1) is 0 Å². The maximum absolute atomic E-state index is 15.0. The highest BCUT2D eigenvalue weighted by atomic mass is 32.2. The summed E-state index contributed by atoms with van der Waals surface area (Å²) in [4.78, 5) is 6.86. The number of amidine groups is 1. The number of anilines is 2. The standard InChI is InChI=1S/C29H34F2N8S/c1-8-16(2)26(21-15-38(5)37-24(21)14-32)27(19-9-10-19)29(34-25-11-17(3)35-36-25)33-18(4)39(6)28-22(30)12-20(40-7)13-23(28)31/h11-13,15,19H,8-10H2,1-7H3,(H2,34,35,36)/b26-16+,29-27+,33-18+. The Kier molecular flexibility index (Phi) is 8.79. The number of rotatable bonds is 9. The molecule has 0 amide bonds. The number of hydrogen-bond donors (Lipinski definition) is 2. The zero-order chi connectivity index (χ0) is 29.1. The molecule has 0 aliphatic heterocycles. The molecule has 2 heterocycles. The molecule has 40 heavy (non-hydrogen) atoms. The van der Waals surface area contributed by atoms with Crippen LogP contribution in [-0.4, -0.2) is 39.1 Å². The van der Waals surface area contributed by atoms with E-state index < -0.39 is 11.6 Å². The number of aromatic amines is 1. The summed E-state index contributed by atoms with van der Waals surface area (Å²) in [5.41, 5.74) is 4.66. The molecule has 1 aliphatic carbocycles. The molecule has 1 aliphatic rings. The van der Waals surface area contributed by atoms with Gasteiger partial charge in [0.2, 0.25) is 0 Å². The van der Waals surface area contributed by atoms with Gasteiger partial charge < -0.3 is 10.2 Å². The van der Waals surface area contributed by atoms with Crippen LogP contribution < -0.4 is 10.2 Å². The summed E-state index contributed by atoms with van der Waals surface area (Å²) < 4.78 is 31.7. The Balaban J connectivity index is 1.95. The van der Waals surface area contributed by atoms with Crippen molar-refractivity contribution in [2.24, 2.45) is 18.0 Å². The minimum absolute atomic E-state index is 0.179. The fraction of sp³-hybridized carbons (Fsp3) is 0.379. The number of thioether (sulfide) groups is 1. The van der Waals surface area contributed by atoms with Gasteiger partial charge in [-0.2, -0.15) is 15.5 Å². The van der Waals surface area contributed by atoms with Gasteiger partial charge in [-0.1, -0.05) is 12.5 Å². The summed E-state index contributed by atoms with van der Waals surface area (Å²) in [6.07, 6.45) is 6.28. The third kappa shape index (κ3) is 6.12. The molecule has 11 heteroatoms. The lowest BCUT2D eigenvalue weighted by Crippen LogP contribution is -2.26. The molecule has 0 radical (unpaired) electrons. The molecule has 3 aromatic rings. The normalized spacial score (nSPS) is 14.9. The molecule has 8 nitrogen and oxygen atoms in total. The van der Waals surface area contributed by atoms with Crippen LogP contribution in [0.2, 0.25) is 0 Å². The number of H-pyrrole nitrogens is 1. The zero-order valence-electron chi connectivity index (χ0n) is 23.9. The molecule has 2 N–H and O–H groups in total. The van der Waals surface area contributed by atoms with E-state index in [1.807, 2.05) is 26.1 Å². The number of nitriles is 1. The van der Waals surface area contributed by atoms with Crippen molar-refractivity contribution in [3.8, 4) is 6.07 Å². The van der Waals surface area contributed by atoms with Crippen molar-refractivity contribution >= 4 is 34.7 Å². The predicted molar refractivity (Wildman–Crippen MR) is 157 cm³/mol. The Morgan fingerprint density at radius 1 is 1.27 bits per heavy atom. The molecule has 0 bridgehead atoms. The van der Waals surface area contributed by atoms with Crippen LogP contribution in [0.25, 0.3) is 5.57 Å². The van der Waals surface area contributed by atoms with Crippen LogP contribution in [0.1, 0.15) is 57.0 Å². The number of hydrogen-bond acceptors (Lipinski definition) is 6. The van der Waals surface area contributed by atoms with E-state index in [0.717, 1.165) is 47.2 Å². The molecule has 210 valence electrons. The van der Waals surface area contributed by atoms with Gasteiger partial charge in [-0.25, -0.2) is 13.8 Å². The number of aliphatic imine (C=N–C) groups is 1. The van der Waals surface area contributed by atoms with Crippen LogP contribution in [0.4, 0.5) is 20.3 Å². The first-order valence-electron chi connectivity index (χ1n) is 13.1. The Morgan fingerprint density at radius 3 is 2.48 bits per heavy atom. The van der Waals surface area contributed by atoms with E-state index in [-0.39, 0.29) is 11.6 Å². The summed E-state index contributed by atoms with van der Waals surface area (Å²) >= 11 is 1.27. The van der Waals surface area contributed by atoms with Crippen molar-refractivity contribution in [2.45, 2.75) is 51.9 Å². The highest BCUT2D eigenvalue weighted by Gasteiger charge is 2.34. The molecule has 1 fully saturated rings. The topological polar surface area (TPSA) is 97.9 Å². The van der Waals surface area contributed by atoms with E-state index >= 15 is 8.78 Å². The van der Waals surface area contributed by atoms with Gasteiger partial charge in [-0.15, -0.1) is 11.8 Å². The number of nitrogens with one attached hydrogen (secondary N) is 2. The first kappa shape index (κ1) is 29.1. The Morgan fingerprint density at radius 2 is 1.95 bits per heavy atom. The number of aromatic nitrogens is 4. The Bertz CT molecular complexity index is 1530. The first-order chi connectivity index (χ1) is 19.1. The number of benzene rings is 1. The van der Waals surface area contributed by atoms with Crippen LogP contribution in [0.15, 0.2) is 51.3 Å². The van der Waals surface area contributed by atoms with Gasteiger partial charge in [0.1, 0.15) is 23.4 Å². The molecule has 0 saturated heterocycles. The lowest BCUT2D eigenvalue weighted by Gasteiger charge is -2.23. The zero-order valence-corrected chi connectivity index (χ0v) is 24.7. The highest BCUT2D eigenvalue weighted by Crippen LogP contribution is 2.47. The van der Waals surface area contributed by atoms with Gasteiger partial charge in [0.15, 0.2) is 23.1 Å². The van der Waals surface area contributed by atoms with Crippen LogP contribution >= 0.6 is 11.8 Å². The van der Waals surface area contributed by atoms with Gasteiger partial charge in [0.25, 0.3) is 0 Å². The van der Waals surface area contributed by atoms with Crippen molar-refractivity contribution in [1.29, 1.82) is 5.26 Å². The number of aryl methyl sites for hydroxylation is 2. The van der Waals surface area contributed by atoms with Crippen LogP contribution in [0.3, 0.4) is 0 Å². The Labute approximate surface area is 237 Å². The molecule has 1 saturated carbocycles. The van der Waals surface area contributed by atoms with E-state index in [4.69, 9.17) is 4.99 Å². The maximum Gasteiger partial charge on any atom is 0.170 e. The van der Waals surface area contributed by atoms with Crippen LogP contribution in [0, 0.1) is 35.8 Å². The minimum atomic E-state index is -0.665. The summed E-state index contributed by atoms with van der Waals surface area (Å²) in [5, 5.41) is 24.9. The predicted octanol–water partition coefficient (Wildman–Crippen LogP) is 6.80. The fourth-order valence-electron chi connectivity index (χ4n) is 4.56. The molecule has 2 aromatic heterocycles. The largest absolute Gasteiger partial charge is 0.328 e. The van der Waals surface area contributed by atoms with E-state index in [1.54, 1.807) is 32.0 Å². The molecule has 4 rings (SSSR count). The molecule has 1 aromatic carbocycles. The quantitative estimate of drug-likeness (QED) is 0.128. The number of nitrogens with zero attached hydrogens (tertiary/aromatic N) is 6. The maximum atomic E-state index is 15.0. The molecule has 0 spiro atoms. The van der Waals surface area contributed by atoms with Crippen molar-refractivity contribution in [3.63, 3.8) is 0 Å². The SMILES string of the molecule is CC/C(C)=C(/C(=C(\N=C(/C)N(C)c1c(F)cc(SC)cc1F)Nc1cc(C)[nH]n1)C1CC1)c1cn(C)nc1C#N. The molecule has 0 atom stereocenters. The third-order valence-electron chi connectivity index (χ3n) is 6.94. The van der Waals surface area contributed by atoms with Crippen molar-refractivity contribution < 1.29 is 8.78 Å². The van der Waals surface area contributed by atoms with E-state index in [2.05, 4.69) is 33.6 Å². The van der Waals surface area contributed by atoms with E-state index in [9.17, 15) is 5.26 Å². The second-order valence-corrected chi connectivity index (χ2v) is 10.8. The minimum Gasteiger partial charge on any atom is -0.328 e. The molecular formula is C29H34F2N8S. The van der Waals surface area contributed by atoms with Crippen molar-refractivity contribution in [1.82, 2.24) is 20.0 Å².